The van der Waals surface area contributed by atoms with Crippen LogP contribution < -0.4 is 34.0 Å². The summed E-state index contributed by atoms with van der Waals surface area (Å²) in [6.45, 7) is 6.31. The van der Waals surface area contributed by atoms with Crippen LogP contribution in [0.2, 0.25) is 25.1 Å². The van der Waals surface area contributed by atoms with Gasteiger partial charge in [0.25, 0.3) is 17.6 Å². The Hall–Kier alpha value is -9.32. The van der Waals surface area contributed by atoms with E-state index in [1.807, 2.05) is 127 Å². The largest absolute Gasteiger partial charge is 0.453 e. The van der Waals surface area contributed by atoms with Crippen LogP contribution in [0.1, 0.15) is 215 Å². The molecule has 5 saturated carbocycles. The van der Waals surface area contributed by atoms with Gasteiger partial charge in [0.05, 0.1) is 18.0 Å². The zero-order valence-corrected chi connectivity index (χ0v) is 76.9. The summed E-state index contributed by atoms with van der Waals surface area (Å²) < 4.78 is 39.9. The average molecular weight is 1850 g/mol. The number of aromatic nitrogens is 9. The summed E-state index contributed by atoms with van der Waals surface area (Å²) in [7, 11) is 3.71. The lowest BCUT2D eigenvalue weighted by Gasteiger charge is -2.44. The summed E-state index contributed by atoms with van der Waals surface area (Å²) in [5, 5.41) is 32.9. The number of alkyl halides is 3. The molecule has 6 heterocycles. The molecule has 128 heavy (non-hydrogen) atoms. The van der Waals surface area contributed by atoms with E-state index in [4.69, 9.17) is 86.7 Å². The SMILES string of the molecule is CC(=O)N(CCc1ccncc1)C1CCC(CN)(c2cccc(Cl)c2)CC1.CN(C(=O)c1cccnn1)C1CCC(CN)(c2cccc(Cl)c2)CC1.CN(C(=O)c1ccnnc1)C1CCC(CN)(c2cccc(Cl)c2)CC1.NCC1(c2cccc(Cl)c2)CCC(N2CCCCC2=O)CC1.NCC1(c2cccc(Cl)c2)CCC(Nc2ccc3nnc(C(F)(F)F)n3n2)CC1. The summed E-state index contributed by atoms with van der Waals surface area (Å²) in [6.07, 6.45) is 26.2. The summed E-state index contributed by atoms with van der Waals surface area (Å²) in [4.78, 5) is 61.4. The van der Waals surface area contributed by atoms with Crippen LogP contribution in [0, 0.1) is 0 Å². The Labute approximate surface area is 773 Å². The number of nitrogens with zero attached hydrogens (tertiary/aromatic N) is 13. The predicted octanol–water partition coefficient (Wildman–Crippen LogP) is 17.6. The quantitative estimate of drug-likeness (QED) is 0.0389. The molecule has 1 saturated heterocycles. The van der Waals surface area contributed by atoms with Crippen LogP contribution in [0.25, 0.3) is 5.65 Å². The van der Waals surface area contributed by atoms with Crippen molar-refractivity contribution in [2.24, 2.45) is 28.7 Å². The van der Waals surface area contributed by atoms with Gasteiger partial charge in [-0.1, -0.05) is 119 Å². The minimum absolute atomic E-state index is 0.0112. The summed E-state index contributed by atoms with van der Waals surface area (Å²) in [5.74, 6) is -0.376. The highest BCUT2D eigenvalue weighted by Crippen LogP contribution is 2.47. The number of amides is 4. The number of fused-ring (bicyclic) bond motifs is 1. The molecule has 16 rings (SSSR count). The van der Waals surface area contributed by atoms with E-state index in [2.05, 4.69) is 81.2 Å². The van der Waals surface area contributed by atoms with Crippen LogP contribution in [-0.2, 0) is 49.3 Å². The van der Waals surface area contributed by atoms with Crippen molar-refractivity contribution in [2.75, 3.05) is 65.2 Å². The number of carbonyl (C=O) groups excluding carboxylic acids is 4. The standard InChI is InChI=1S/C22H28ClN3O.C19H20ClF3N6.2C19H23ClN4O.C18H25ClN2O/c1-17(27)26(14-9-18-7-12-25-13-8-18)21-5-10-22(16-24,11-6-21)19-3-2-4-20(23)15-19;20-13-3-1-2-12(10-13)18(11-24)8-6-14(7-9-18)25-15-4-5-16-26-27-17(19(21,22)23)29(16)28-15;1-24(18(25)17-6-3-11-22-23-17)16-7-9-19(13-21,10-8-16)14-4-2-5-15(20)12-14;1-24(18(25)14-7-10-22-23-12-14)17-5-8-19(13-21,9-6-17)15-3-2-4-16(20)11-15;19-15-5-3-4-14(12-15)18(13-20)9-7-16(8-10-18)21-11-2-1-6-17(21)22/h2-4,7-8,12-13,15,21H,5-6,9-11,14,16,24H2,1H3;1-5,10,14H,6-9,11,24H2,(H,25,28);2-6,11-12,16H,7-10,13,21H2,1H3;2-4,7,10-12,17H,5-6,8-9,13,21H2,1H3;3-5,12,16H,1-2,6-11,13,20H2. The lowest BCUT2D eigenvalue weighted by molar-refractivity contribution is -0.146. The molecule has 5 aliphatic carbocycles. The zero-order chi connectivity index (χ0) is 91.2. The first-order valence-electron chi connectivity index (χ1n) is 44.5. The molecule has 0 atom stereocenters. The third kappa shape index (κ3) is 24.3. The fraction of sp³-hybridized carbons (Fsp3) is 0.464. The fourth-order valence-electron chi connectivity index (χ4n) is 19.9. The fourth-order valence-corrected chi connectivity index (χ4v) is 20.8. The third-order valence-corrected chi connectivity index (χ3v) is 29.2. The number of likely N-dealkylation sites (tertiary alicyclic amines) is 1. The van der Waals surface area contributed by atoms with Crippen molar-refractivity contribution in [2.45, 2.75) is 224 Å². The molecule has 0 radical (unpaired) electrons. The number of benzene rings is 5. The van der Waals surface area contributed by atoms with Gasteiger partial charge in [0.15, 0.2) is 11.3 Å². The number of rotatable bonds is 21. The average Bonchev–Trinajstić information content (AvgIpc) is 1.80. The Morgan fingerprint density at radius 2 is 0.922 bits per heavy atom. The van der Waals surface area contributed by atoms with Gasteiger partial charge in [0.1, 0.15) is 5.82 Å². The molecule has 23 nitrogen and oxygen atoms in total. The normalized spacial score (nSPS) is 24.0. The number of hydrogen-bond acceptors (Lipinski definition) is 18. The molecular formula is C97H119Cl5F3N19O4. The summed E-state index contributed by atoms with van der Waals surface area (Å²) in [6, 6.07) is 53.3. The summed E-state index contributed by atoms with van der Waals surface area (Å²) >= 11 is 30.8. The molecule has 1 aliphatic heterocycles. The smallest absolute Gasteiger partial charge is 0.366 e. The Bertz CT molecular complexity index is 5130. The molecule has 0 bridgehead atoms. The summed E-state index contributed by atoms with van der Waals surface area (Å²) in [5.41, 5.74) is 38.8. The second-order valence-corrected chi connectivity index (χ2v) is 37.4. The van der Waals surface area contributed by atoms with Gasteiger partial charge in [-0.25, -0.2) is 0 Å². The van der Waals surface area contributed by atoms with Gasteiger partial charge in [-0.15, -0.1) is 20.4 Å². The highest BCUT2D eigenvalue weighted by atomic mass is 35.5. The second-order valence-electron chi connectivity index (χ2n) is 35.3. The van der Waals surface area contributed by atoms with E-state index in [-0.39, 0.29) is 74.6 Å². The molecular weight excluding hydrogens is 1730 g/mol. The van der Waals surface area contributed by atoms with Crippen LogP contribution >= 0.6 is 58.0 Å². The molecule has 0 unspecified atom stereocenters. The van der Waals surface area contributed by atoms with Crippen LogP contribution in [0.15, 0.2) is 195 Å². The first-order chi connectivity index (χ1) is 61.6. The number of hydrogen-bond donors (Lipinski definition) is 6. The monoisotopic (exact) mass is 1850 g/mol. The van der Waals surface area contributed by atoms with Crippen LogP contribution in [0.5, 0.6) is 0 Å². The van der Waals surface area contributed by atoms with Crippen molar-refractivity contribution in [3.63, 3.8) is 0 Å². The van der Waals surface area contributed by atoms with Crippen molar-refractivity contribution in [3.05, 3.63) is 270 Å². The van der Waals surface area contributed by atoms with Gasteiger partial charge in [0, 0.05) is 174 Å². The Morgan fingerprint density at radius 1 is 0.484 bits per heavy atom. The minimum Gasteiger partial charge on any atom is -0.366 e. The molecule has 5 aromatic carbocycles. The molecule has 4 amide bonds. The first-order valence-corrected chi connectivity index (χ1v) is 46.4. The second kappa shape index (κ2) is 45.0. The highest BCUT2D eigenvalue weighted by Gasteiger charge is 2.45. The van der Waals surface area contributed by atoms with Crippen molar-refractivity contribution >= 4 is 93.1 Å². The lowest BCUT2D eigenvalue weighted by atomic mass is 9.68. The van der Waals surface area contributed by atoms with Gasteiger partial charge in [-0.2, -0.15) is 33.0 Å². The number of pyridine rings is 1. The molecule has 0 spiro atoms. The maximum absolute atomic E-state index is 13.1. The van der Waals surface area contributed by atoms with Crippen molar-refractivity contribution < 1.29 is 32.3 Å². The van der Waals surface area contributed by atoms with E-state index in [0.717, 1.165) is 197 Å². The number of nitrogens with two attached hydrogens (primary N) is 5. The lowest BCUT2D eigenvalue weighted by Crippen LogP contribution is -2.48. The van der Waals surface area contributed by atoms with E-state index < -0.39 is 12.0 Å². The van der Waals surface area contributed by atoms with E-state index in [1.165, 1.54) is 40.1 Å². The van der Waals surface area contributed by atoms with Gasteiger partial charge >= 0.3 is 6.18 Å². The minimum atomic E-state index is -4.62. The first kappa shape index (κ1) is 97.7. The van der Waals surface area contributed by atoms with Gasteiger partial charge in [-0.05, 0) is 284 Å². The van der Waals surface area contributed by atoms with E-state index in [1.54, 1.807) is 60.9 Å². The molecule has 6 fully saturated rings. The molecule has 682 valence electrons. The van der Waals surface area contributed by atoms with E-state index >= 15 is 0 Å². The highest BCUT2D eigenvalue weighted by molar-refractivity contribution is 6.32. The molecule has 10 aromatic rings. The molecule has 6 aliphatic rings. The van der Waals surface area contributed by atoms with Gasteiger partial charge in [0.2, 0.25) is 11.8 Å². The Morgan fingerprint density at radius 3 is 1.32 bits per heavy atom. The van der Waals surface area contributed by atoms with Crippen LogP contribution in [0.4, 0.5) is 19.0 Å². The number of anilines is 1. The van der Waals surface area contributed by atoms with Gasteiger partial charge in [-0.3, -0.25) is 24.2 Å². The maximum Gasteiger partial charge on any atom is 0.453 e. The van der Waals surface area contributed by atoms with E-state index in [9.17, 15) is 32.3 Å². The zero-order valence-electron chi connectivity index (χ0n) is 73.1. The molecule has 11 N–H and O–H groups in total. The number of carbonyl (C=O) groups is 4. The van der Waals surface area contributed by atoms with Crippen LogP contribution in [0.3, 0.4) is 0 Å². The maximum atomic E-state index is 13.1. The van der Waals surface area contributed by atoms with Gasteiger partial charge < -0.3 is 53.6 Å². The topological polar surface area (TPSA) is 331 Å². The van der Waals surface area contributed by atoms with Crippen molar-refractivity contribution in [1.82, 2.24) is 64.8 Å². The Balaban J connectivity index is 0.000000146. The number of piperidine rings is 1. The predicted molar refractivity (Wildman–Crippen MR) is 501 cm³/mol. The Kier molecular flexibility index (Phi) is 34.4. The van der Waals surface area contributed by atoms with Crippen molar-refractivity contribution in [1.29, 1.82) is 0 Å². The van der Waals surface area contributed by atoms with Crippen molar-refractivity contribution in [3.8, 4) is 0 Å². The molecule has 5 aromatic heterocycles. The molecule has 31 heteroatoms. The number of nitrogens with one attached hydrogen (secondary N) is 1. The number of halogens is 8. The third-order valence-electron chi connectivity index (χ3n) is 28.0. The van der Waals surface area contributed by atoms with E-state index in [0.29, 0.717) is 66.8 Å². The van der Waals surface area contributed by atoms with Crippen LogP contribution in [-0.4, -0.2) is 179 Å².